The summed E-state index contributed by atoms with van der Waals surface area (Å²) < 4.78 is 0. The Labute approximate surface area is 130 Å². The number of halogens is 1. The number of rotatable bonds is 6. The largest absolute Gasteiger partial charge is 0.481 e. The van der Waals surface area contributed by atoms with Crippen LogP contribution in [-0.2, 0) is 9.59 Å². The lowest BCUT2D eigenvalue weighted by Gasteiger charge is -2.29. The van der Waals surface area contributed by atoms with Crippen molar-refractivity contribution >= 4 is 23.5 Å². The van der Waals surface area contributed by atoms with Crippen LogP contribution in [0.3, 0.4) is 0 Å². The molecule has 1 unspecified atom stereocenters. The third kappa shape index (κ3) is 4.21. The molecular weight excluding hydrogens is 290 g/mol. The van der Waals surface area contributed by atoms with Crippen molar-refractivity contribution in [3.05, 3.63) is 34.9 Å². The lowest BCUT2D eigenvalue weighted by molar-refractivity contribution is -0.153. The molecule has 1 amide bonds. The van der Waals surface area contributed by atoms with Gasteiger partial charge in [-0.25, -0.2) is 0 Å². The molecule has 1 aromatic carbocycles. The van der Waals surface area contributed by atoms with E-state index in [9.17, 15) is 14.7 Å². The first-order valence-electron chi connectivity index (χ1n) is 6.95. The van der Waals surface area contributed by atoms with Gasteiger partial charge in [0.1, 0.15) is 0 Å². The van der Waals surface area contributed by atoms with Gasteiger partial charge in [0.15, 0.2) is 0 Å². The number of hydrogen-bond donors (Lipinski definition) is 2. The second kappa shape index (κ2) is 6.94. The summed E-state index contributed by atoms with van der Waals surface area (Å²) in [6.45, 7) is 7.03. The van der Waals surface area contributed by atoms with Gasteiger partial charge < -0.3 is 10.4 Å². The summed E-state index contributed by atoms with van der Waals surface area (Å²) in [5.41, 5.74) is -0.265. The van der Waals surface area contributed by atoms with Crippen LogP contribution < -0.4 is 5.32 Å². The number of carboxylic acid groups (broad SMARTS) is 1. The van der Waals surface area contributed by atoms with Gasteiger partial charge in [-0.1, -0.05) is 43.6 Å². The van der Waals surface area contributed by atoms with Gasteiger partial charge in [0, 0.05) is 11.4 Å². The molecule has 0 aliphatic rings. The zero-order valence-electron chi connectivity index (χ0n) is 12.8. The van der Waals surface area contributed by atoms with Crippen molar-refractivity contribution in [2.75, 3.05) is 0 Å². The molecule has 0 aliphatic heterocycles. The first-order valence-corrected chi connectivity index (χ1v) is 7.33. The molecule has 0 aromatic heterocycles. The third-order valence-electron chi connectivity index (χ3n) is 4.04. The van der Waals surface area contributed by atoms with Crippen molar-refractivity contribution in [2.45, 2.75) is 40.2 Å². The number of amides is 1. The zero-order valence-corrected chi connectivity index (χ0v) is 13.6. The van der Waals surface area contributed by atoms with Crippen LogP contribution in [0.4, 0.5) is 0 Å². The fraction of sp³-hybridized carbons (Fsp3) is 0.500. The van der Waals surface area contributed by atoms with Gasteiger partial charge in [0.2, 0.25) is 5.91 Å². The highest BCUT2D eigenvalue weighted by atomic mass is 35.5. The summed E-state index contributed by atoms with van der Waals surface area (Å²) in [6.07, 6.45) is -0.0607. The molecule has 5 heteroatoms. The minimum atomic E-state index is -1.08. The molecule has 2 atom stereocenters. The standard InChI is InChI=1S/C16H22ClNO3/c1-10(2)16(4,15(20)21)9-14(19)18-11(3)12-7-5-6-8-13(12)17/h5-8,10-11H,9H2,1-4H3,(H,18,19)(H,20,21)/t11-,16?/m0/s1. The smallest absolute Gasteiger partial charge is 0.310 e. The van der Waals surface area contributed by atoms with E-state index < -0.39 is 11.4 Å². The summed E-state index contributed by atoms with van der Waals surface area (Å²) >= 11 is 6.09. The molecule has 4 nitrogen and oxygen atoms in total. The second-order valence-electron chi connectivity index (χ2n) is 5.86. The molecule has 0 heterocycles. The molecule has 2 N–H and O–H groups in total. The SMILES string of the molecule is CC(C)C(C)(CC(=O)N[C@@H](C)c1ccccc1Cl)C(=O)O. The number of aliphatic carboxylic acids is 1. The van der Waals surface area contributed by atoms with Crippen LogP contribution in [0.2, 0.25) is 5.02 Å². The summed E-state index contributed by atoms with van der Waals surface area (Å²) in [5.74, 6) is -1.39. The molecule has 1 aromatic rings. The van der Waals surface area contributed by atoms with Crippen molar-refractivity contribution in [2.24, 2.45) is 11.3 Å². The third-order valence-corrected chi connectivity index (χ3v) is 4.38. The van der Waals surface area contributed by atoms with Crippen LogP contribution in [0.1, 0.15) is 45.7 Å². The zero-order chi connectivity index (χ0) is 16.2. The Bertz CT molecular complexity index is 530. The van der Waals surface area contributed by atoms with Gasteiger partial charge in [0.25, 0.3) is 0 Å². The molecule has 0 saturated heterocycles. The van der Waals surface area contributed by atoms with E-state index in [4.69, 9.17) is 11.6 Å². The van der Waals surface area contributed by atoms with Crippen LogP contribution in [0, 0.1) is 11.3 Å². The summed E-state index contributed by atoms with van der Waals surface area (Å²) in [4.78, 5) is 23.6. The molecule has 0 bridgehead atoms. The minimum Gasteiger partial charge on any atom is -0.481 e. The quantitative estimate of drug-likeness (QED) is 0.842. The molecule has 0 spiro atoms. The lowest BCUT2D eigenvalue weighted by atomic mass is 9.76. The normalized spacial score (nSPS) is 15.3. The van der Waals surface area contributed by atoms with Gasteiger partial charge in [-0.15, -0.1) is 0 Å². The van der Waals surface area contributed by atoms with E-state index >= 15 is 0 Å². The Kier molecular flexibility index (Phi) is 5.78. The summed E-state index contributed by atoms with van der Waals surface area (Å²) in [7, 11) is 0. The summed E-state index contributed by atoms with van der Waals surface area (Å²) in [6, 6.07) is 7.00. The molecule has 0 fully saturated rings. The molecule has 0 saturated carbocycles. The highest BCUT2D eigenvalue weighted by Gasteiger charge is 2.39. The van der Waals surface area contributed by atoms with Gasteiger partial charge in [-0.3, -0.25) is 9.59 Å². The first-order chi connectivity index (χ1) is 9.68. The van der Waals surface area contributed by atoms with Gasteiger partial charge >= 0.3 is 5.97 Å². The van der Waals surface area contributed by atoms with Crippen LogP contribution in [-0.4, -0.2) is 17.0 Å². The van der Waals surface area contributed by atoms with Crippen molar-refractivity contribution in [3.63, 3.8) is 0 Å². The number of benzene rings is 1. The first kappa shape index (κ1) is 17.5. The van der Waals surface area contributed by atoms with Crippen LogP contribution in [0.5, 0.6) is 0 Å². The van der Waals surface area contributed by atoms with Crippen molar-refractivity contribution in [1.82, 2.24) is 5.32 Å². The molecule has 21 heavy (non-hydrogen) atoms. The van der Waals surface area contributed by atoms with Gasteiger partial charge in [-0.05, 0) is 31.4 Å². The van der Waals surface area contributed by atoms with E-state index in [2.05, 4.69) is 5.32 Å². The van der Waals surface area contributed by atoms with E-state index in [-0.39, 0.29) is 24.3 Å². The van der Waals surface area contributed by atoms with E-state index in [0.29, 0.717) is 5.02 Å². The lowest BCUT2D eigenvalue weighted by Crippen LogP contribution is -2.39. The molecule has 0 radical (unpaired) electrons. The predicted molar refractivity (Wildman–Crippen MR) is 83.2 cm³/mol. The molecule has 116 valence electrons. The van der Waals surface area contributed by atoms with Crippen molar-refractivity contribution in [1.29, 1.82) is 0 Å². The second-order valence-corrected chi connectivity index (χ2v) is 6.27. The fourth-order valence-corrected chi connectivity index (χ4v) is 2.36. The number of carbonyl (C=O) groups excluding carboxylic acids is 1. The minimum absolute atomic E-state index is 0.0607. The average Bonchev–Trinajstić information content (AvgIpc) is 2.38. The fourth-order valence-electron chi connectivity index (χ4n) is 2.06. The predicted octanol–water partition coefficient (Wildman–Crippen LogP) is 3.65. The monoisotopic (exact) mass is 311 g/mol. The maximum atomic E-state index is 12.1. The molecule has 0 aliphatic carbocycles. The Morgan fingerprint density at radius 3 is 2.33 bits per heavy atom. The highest BCUT2D eigenvalue weighted by Crippen LogP contribution is 2.32. The van der Waals surface area contributed by atoms with E-state index in [1.807, 2.05) is 25.1 Å². The average molecular weight is 312 g/mol. The Morgan fingerprint density at radius 1 is 1.29 bits per heavy atom. The topological polar surface area (TPSA) is 66.4 Å². The number of carbonyl (C=O) groups is 2. The van der Waals surface area contributed by atoms with Crippen LogP contribution >= 0.6 is 11.6 Å². The van der Waals surface area contributed by atoms with Crippen LogP contribution in [0.25, 0.3) is 0 Å². The maximum Gasteiger partial charge on any atom is 0.310 e. The summed E-state index contributed by atoms with van der Waals surface area (Å²) in [5, 5.41) is 12.7. The number of hydrogen-bond acceptors (Lipinski definition) is 2. The highest BCUT2D eigenvalue weighted by molar-refractivity contribution is 6.31. The Hall–Kier alpha value is -1.55. The van der Waals surface area contributed by atoms with Crippen molar-refractivity contribution in [3.8, 4) is 0 Å². The van der Waals surface area contributed by atoms with E-state index in [1.165, 1.54) is 0 Å². The van der Waals surface area contributed by atoms with Crippen molar-refractivity contribution < 1.29 is 14.7 Å². The van der Waals surface area contributed by atoms with E-state index in [0.717, 1.165) is 5.56 Å². The van der Waals surface area contributed by atoms with Gasteiger partial charge in [-0.2, -0.15) is 0 Å². The number of carboxylic acids is 1. The maximum absolute atomic E-state index is 12.1. The van der Waals surface area contributed by atoms with Gasteiger partial charge in [0.05, 0.1) is 11.5 Å². The number of nitrogens with one attached hydrogen (secondary N) is 1. The molecular formula is C16H22ClNO3. The molecule has 1 rings (SSSR count). The Balaban J connectivity index is 2.78. The van der Waals surface area contributed by atoms with E-state index in [1.54, 1.807) is 26.8 Å². The van der Waals surface area contributed by atoms with Crippen LogP contribution in [0.15, 0.2) is 24.3 Å². The Morgan fingerprint density at radius 2 is 1.86 bits per heavy atom.